The van der Waals surface area contributed by atoms with Gasteiger partial charge < -0.3 is 14.3 Å². The van der Waals surface area contributed by atoms with Crippen LogP contribution >= 0.6 is 23.2 Å². The van der Waals surface area contributed by atoms with E-state index in [0.717, 1.165) is 25.8 Å². The van der Waals surface area contributed by atoms with Gasteiger partial charge in [-0.3, -0.25) is 4.79 Å². The fourth-order valence-corrected chi connectivity index (χ4v) is 4.81. The van der Waals surface area contributed by atoms with Crippen molar-refractivity contribution < 1.29 is 9.32 Å². The summed E-state index contributed by atoms with van der Waals surface area (Å²) >= 11 is 12.3. The van der Waals surface area contributed by atoms with Gasteiger partial charge in [0.25, 0.3) is 0 Å². The van der Waals surface area contributed by atoms with Gasteiger partial charge in [-0.2, -0.15) is 4.98 Å². The summed E-state index contributed by atoms with van der Waals surface area (Å²) in [6, 6.07) is 13.7. The van der Waals surface area contributed by atoms with E-state index >= 15 is 0 Å². The molecule has 0 N–H and O–H groups in total. The normalized spacial score (nSPS) is 17.0. The number of hydrogen-bond donors (Lipinski definition) is 0. The largest absolute Gasteiger partial charge is 0.371 e. The van der Waals surface area contributed by atoms with Gasteiger partial charge in [-0.05, 0) is 63.4 Å². The Hall–Kier alpha value is -2.57. The van der Waals surface area contributed by atoms with E-state index in [1.807, 2.05) is 4.90 Å². The summed E-state index contributed by atoms with van der Waals surface area (Å²) in [4.78, 5) is 22.4. The quantitative estimate of drug-likeness (QED) is 0.375. The van der Waals surface area contributed by atoms with E-state index in [2.05, 4.69) is 60.1 Å². The third-order valence-electron chi connectivity index (χ3n) is 6.52. The van der Waals surface area contributed by atoms with Crippen LogP contribution in [-0.4, -0.2) is 40.1 Å². The van der Waals surface area contributed by atoms with E-state index in [-0.39, 0.29) is 24.4 Å². The standard InChI is InChI=1S/C26H30Cl2N4O2/c1-4-18(3)32(16-24-29-25(30-34-24)22-12-9-20(27)14-23(22)28)26(33)19-6-5-13-31(15-19)21-10-7-17(2)8-11-21/h7-12,14,18-19H,4-6,13,15-16H2,1-3H3/t18-,19-/m1/s1. The van der Waals surface area contributed by atoms with Crippen LogP contribution in [0.1, 0.15) is 44.6 Å². The zero-order chi connectivity index (χ0) is 24.2. The summed E-state index contributed by atoms with van der Waals surface area (Å²) in [7, 11) is 0. The summed E-state index contributed by atoms with van der Waals surface area (Å²) in [5.74, 6) is 0.838. The Bertz CT molecular complexity index is 1130. The first-order valence-electron chi connectivity index (χ1n) is 11.8. The number of aryl methyl sites for hydroxylation is 1. The van der Waals surface area contributed by atoms with Crippen molar-refractivity contribution in [3.63, 3.8) is 0 Å². The highest BCUT2D eigenvalue weighted by Gasteiger charge is 2.32. The van der Waals surface area contributed by atoms with E-state index in [4.69, 9.17) is 27.7 Å². The predicted molar refractivity (Wildman–Crippen MR) is 136 cm³/mol. The molecule has 2 heterocycles. The van der Waals surface area contributed by atoms with E-state index in [9.17, 15) is 4.79 Å². The van der Waals surface area contributed by atoms with Crippen molar-refractivity contribution in [3.8, 4) is 11.4 Å². The molecule has 1 aromatic heterocycles. The topological polar surface area (TPSA) is 62.5 Å². The number of halogens is 2. The van der Waals surface area contributed by atoms with E-state index in [1.54, 1.807) is 18.2 Å². The van der Waals surface area contributed by atoms with Crippen molar-refractivity contribution in [2.75, 3.05) is 18.0 Å². The number of piperidine rings is 1. The SMILES string of the molecule is CC[C@@H](C)N(Cc1nc(-c2ccc(Cl)cc2Cl)no1)C(=O)[C@@H]1CCCN(c2ccc(C)cc2)C1. The average Bonchev–Trinajstić information content (AvgIpc) is 3.30. The predicted octanol–water partition coefficient (Wildman–Crippen LogP) is 6.40. The number of hydrogen-bond acceptors (Lipinski definition) is 5. The summed E-state index contributed by atoms with van der Waals surface area (Å²) in [5.41, 5.74) is 3.04. The molecule has 1 aliphatic rings. The molecule has 0 saturated carbocycles. The molecule has 1 amide bonds. The van der Waals surface area contributed by atoms with Crippen LogP contribution in [-0.2, 0) is 11.3 Å². The lowest BCUT2D eigenvalue weighted by Gasteiger charge is -2.37. The van der Waals surface area contributed by atoms with Gasteiger partial charge >= 0.3 is 0 Å². The zero-order valence-electron chi connectivity index (χ0n) is 19.8. The monoisotopic (exact) mass is 500 g/mol. The molecule has 6 nitrogen and oxygen atoms in total. The molecule has 180 valence electrons. The molecule has 0 bridgehead atoms. The number of amides is 1. The molecular formula is C26H30Cl2N4O2. The molecule has 0 aliphatic carbocycles. The Morgan fingerprint density at radius 2 is 2.00 bits per heavy atom. The minimum absolute atomic E-state index is 0.0525. The van der Waals surface area contributed by atoms with Gasteiger partial charge in [0.05, 0.1) is 10.9 Å². The lowest BCUT2D eigenvalue weighted by Crippen LogP contribution is -2.47. The van der Waals surface area contributed by atoms with Crippen LogP contribution in [0, 0.1) is 12.8 Å². The number of nitrogens with zero attached hydrogens (tertiary/aromatic N) is 4. The van der Waals surface area contributed by atoms with Crippen LogP contribution in [0.5, 0.6) is 0 Å². The molecule has 2 atom stereocenters. The molecule has 1 saturated heterocycles. The Balaban J connectivity index is 1.50. The first kappa shape index (κ1) is 24.6. The highest BCUT2D eigenvalue weighted by molar-refractivity contribution is 6.36. The van der Waals surface area contributed by atoms with Gasteiger partial charge in [0, 0.05) is 35.4 Å². The van der Waals surface area contributed by atoms with E-state index in [0.29, 0.717) is 33.9 Å². The molecule has 2 aromatic carbocycles. The summed E-state index contributed by atoms with van der Waals surface area (Å²) in [6.45, 7) is 8.17. The number of aromatic nitrogens is 2. The van der Waals surface area contributed by atoms with Crippen LogP contribution < -0.4 is 4.90 Å². The van der Waals surface area contributed by atoms with Gasteiger partial charge in [-0.1, -0.05) is 53.0 Å². The summed E-state index contributed by atoms with van der Waals surface area (Å²) in [6.07, 6.45) is 2.70. The minimum atomic E-state index is -0.0721. The second kappa shape index (κ2) is 10.8. The highest BCUT2D eigenvalue weighted by Crippen LogP contribution is 2.29. The maximum atomic E-state index is 13.7. The fraction of sp³-hybridized carbons (Fsp3) is 0.423. The van der Waals surface area contributed by atoms with Crippen molar-refractivity contribution in [1.82, 2.24) is 15.0 Å². The van der Waals surface area contributed by atoms with Gasteiger partial charge in [0.2, 0.25) is 17.6 Å². The Labute approximate surface area is 210 Å². The van der Waals surface area contributed by atoms with Crippen LogP contribution in [0.25, 0.3) is 11.4 Å². The summed E-state index contributed by atoms with van der Waals surface area (Å²) < 4.78 is 5.51. The van der Waals surface area contributed by atoms with Crippen molar-refractivity contribution in [2.24, 2.45) is 5.92 Å². The molecule has 3 aromatic rings. The molecule has 0 spiro atoms. The number of anilines is 1. The average molecular weight is 501 g/mol. The zero-order valence-corrected chi connectivity index (χ0v) is 21.3. The van der Waals surface area contributed by atoms with Gasteiger partial charge in [-0.15, -0.1) is 0 Å². The third kappa shape index (κ3) is 5.56. The smallest absolute Gasteiger partial charge is 0.246 e. The first-order valence-corrected chi connectivity index (χ1v) is 12.5. The second-order valence-electron chi connectivity index (χ2n) is 8.98. The minimum Gasteiger partial charge on any atom is -0.371 e. The molecule has 0 unspecified atom stereocenters. The number of benzene rings is 2. The lowest BCUT2D eigenvalue weighted by molar-refractivity contribution is -0.139. The maximum Gasteiger partial charge on any atom is 0.246 e. The lowest BCUT2D eigenvalue weighted by atomic mass is 9.95. The molecule has 1 fully saturated rings. The van der Waals surface area contributed by atoms with Crippen molar-refractivity contribution >= 4 is 34.8 Å². The van der Waals surface area contributed by atoms with Crippen LogP contribution in [0.2, 0.25) is 10.0 Å². The molecular weight excluding hydrogens is 471 g/mol. The first-order chi connectivity index (χ1) is 16.4. The van der Waals surface area contributed by atoms with Gasteiger partial charge in [0.15, 0.2) is 0 Å². The van der Waals surface area contributed by atoms with Crippen LogP contribution in [0.3, 0.4) is 0 Å². The Morgan fingerprint density at radius 1 is 1.24 bits per heavy atom. The van der Waals surface area contributed by atoms with E-state index < -0.39 is 0 Å². The number of carbonyl (C=O) groups is 1. The van der Waals surface area contributed by atoms with Crippen LogP contribution in [0.4, 0.5) is 5.69 Å². The molecule has 34 heavy (non-hydrogen) atoms. The molecule has 1 aliphatic heterocycles. The highest BCUT2D eigenvalue weighted by atomic mass is 35.5. The van der Waals surface area contributed by atoms with Crippen LogP contribution in [0.15, 0.2) is 47.0 Å². The molecule has 4 rings (SSSR count). The van der Waals surface area contributed by atoms with Crippen molar-refractivity contribution in [3.05, 3.63) is 64.0 Å². The second-order valence-corrected chi connectivity index (χ2v) is 9.82. The van der Waals surface area contributed by atoms with Gasteiger partial charge in [0.1, 0.15) is 6.54 Å². The fourth-order valence-electron chi connectivity index (χ4n) is 4.32. The van der Waals surface area contributed by atoms with Crippen molar-refractivity contribution in [1.29, 1.82) is 0 Å². The summed E-state index contributed by atoms with van der Waals surface area (Å²) in [5, 5.41) is 5.08. The third-order valence-corrected chi connectivity index (χ3v) is 7.07. The van der Waals surface area contributed by atoms with Crippen molar-refractivity contribution in [2.45, 2.75) is 52.6 Å². The van der Waals surface area contributed by atoms with E-state index in [1.165, 1.54) is 11.3 Å². The van der Waals surface area contributed by atoms with Gasteiger partial charge in [-0.25, -0.2) is 0 Å². The Kier molecular flexibility index (Phi) is 7.79. The maximum absolute atomic E-state index is 13.7. The molecule has 0 radical (unpaired) electrons. The Morgan fingerprint density at radius 3 is 2.71 bits per heavy atom. The molecule has 8 heteroatoms. The number of rotatable bonds is 7. The number of carbonyl (C=O) groups excluding carboxylic acids is 1.